The van der Waals surface area contributed by atoms with Crippen molar-refractivity contribution in [2.24, 2.45) is 0 Å². The molecule has 0 aliphatic rings. The van der Waals surface area contributed by atoms with Crippen molar-refractivity contribution >= 4 is 17.8 Å². The van der Waals surface area contributed by atoms with E-state index in [1.54, 1.807) is 0 Å². The molecule has 0 aliphatic heterocycles. The van der Waals surface area contributed by atoms with Crippen molar-refractivity contribution in [3.63, 3.8) is 0 Å². The molecule has 4 nitrogen and oxygen atoms in total. The predicted octanol–water partition coefficient (Wildman–Crippen LogP) is 5.08. The van der Waals surface area contributed by atoms with Crippen molar-refractivity contribution in [1.82, 2.24) is 0 Å². The van der Waals surface area contributed by atoms with Gasteiger partial charge in [-0.3, -0.25) is 0 Å². The smallest absolute Gasteiger partial charge is 0.336 e. The van der Waals surface area contributed by atoms with Gasteiger partial charge in [0, 0.05) is 32.1 Å². The molecule has 0 radical (unpaired) electrons. The summed E-state index contributed by atoms with van der Waals surface area (Å²) in [6, 6.07) is 0. The Morgan fingerprint density at radius 3 is 1.38 bits per heavy atom. The van der Waals surface area contributed by atoms with Crippen LogP contribution in [0, 0.1) is 0 Å². The van der Waals surface area contributed by atoms with Gasteiger partial charge in [0.25, 0.3) is 0 Å². The zero-order valence-electron chi connectivity index (χ0n) is 16.9. The second kappa shape index (κ2) is 16.7. The lowest BCUT2D eigenvalue weighted by atomic mass is 10.4. The van der Waals surface area contributed by atoms with Gasteiger partial charge < -0.3 is 17.7 Å². The predicted molar refractivity (Wildman–Crippen MR) is 107 cm³/mol. The highest BCUT2D eigenvalue weighted by Crippen LogP contribution is 2.19. The van der Waals surface area contributed by atoms with Crippen LogP contribution in [0.1, 0.15) is 79.1 Å². The van der Waals surface area contributed by atoms with E-state index in [0.717, 1.165) is 83.5 Å². The molecule has 0 fully saturated rings. The van der Waals surface area contributed by atoms with E-state index in [2.05, 4.69) is 34.2 Å². The summed E-state index contributed by atoms with van der Waals surface area (Å²) in [5.74, 6) is 0. The quantitative estimate of drug-likeness (QED) is 0.246. The summed E-state index contributed by atoms with van der Waals surface area (Å²) < 4.78 is 24.8. The third kappa shape index (κ3) is 13.6. The van der Waals surface area contributed by atoms with Crippen molar-refractivity contribution in [1.29, 1.82) is 0 Å². The van der Waals surface area contributed by atoms with Gasteiger partial charge in [0.2, 0.25) is 0 Å². The van der Waals surface area contributed by atoms with Gasteiger partial charge in [-0.25, -0.2) is 0 Å². The summed E-state index contributed by atoms with van der Waals surface area (Å²) in [5, 5.41) is 0. The van der Waals surface area contributed by atoms with E-state index < -0.39 is 17.8 Å². The Kier molecular flexibility index (Phi) is 16.9. The molecule has 0 saturated carbocycles. The van der Waals surface area contributed by atoms with Gasteiger partial charge >= 0.3 is 17.8 Å². The molecule has 0 N–H and O–H groups in total. The van der Waals surface area contributed by atoms with Gasteiger partial charge in [-0.05, 0) is 32.2 Å². The SMILES string of the molecule is CCCCO[SiH](C[Si](C)(OCCCC)OCCCC)OCCCC. The van der Waals surface area contributed by atoms with Crippen LogP contribution in [-0.4, -0.2) is 44.3 Å². The first-order valence-electron chi connectivity index (χ1n) is 10.1. The van der Waals surface area contributed by atoms with Crippen LogP contribution in [0.4, 0.5) is 0 Å². The fourth-order valence-electron chi connectivity index (χ4n) is 2.21. The van der Waals surface area contributed by atoms with Gasteiger partial charge in [0.05, 0.1) is 0 Å². The van der Waals surface area contributed by atoms with Crippen LogP contribution in [0.3, 0.4) is 0 Å². The van der Waals surface area contributed by atoms with Crippen molar-refractivity contribution in [3.8, 4) is 0 Å². The summed E-state index contributed by atoms with van der Waals surface area (Å²) in [6.45, 7) is 14.2. The Hall–Kier alpha value is 0.274. The number of hydrogen-bond donors (Lipinski definition) is 0. The van der Waals surface area contributed by atoms with Crippen LogP contribution in [-0.2, 0) is 17.7 Å². The molecule has 146 valence electrons. The molecule has 24 heavy (non-hydrogen) atoms. The van der Waals surface area contributed by atoms with Gasteiger partial charge in [-0.1, -0.05) is 53.4 Å². The van der Waals surface area contributed by atoms with Crippen LogP contribution in [0.15, 0.2) is 0 Å². The average molecular weight is 379 g/mol. The minimum atomic E-state index is -2.20. The van der Waals surface area contributed by atoms with Crippen molar-refractivity contribution in [3.05, 3.63) is 0 Å². The van der Waals surface area contributed by atoms with Gasteiger partial charge in [-0.2, -0.15) is 0 Å². The molecule has 0 bridgehead atoms. The number of unbranched alkanes of at least 4 members (excludes halogenated alkanes) is 4. The maximum Gasteiger partial charge on any atom is 0.336 e. The van der Waals surface area contributed by atoms with E-state index in [9.17, 15) is 0 Å². The van der Waals surface area contributed by atoms with Crippen LogP contribution >= 0.6 is 0 Å². The Balaban J connectivity index is 4.60. The molecule has 0 aromatic carbocycles. The Labute approximate surface area is 153 Å². The topological polar surface area (TPSA) is 36.9 Å². The molecule has 0 atom stereocenters. The lowest BCUT2D eigenvalue weighted by Gasteiger charge is -2.30. The Morgan fingerprint density at radius 2 is 1.00 bits per heavy atom. The molecule has 0 spiro atoms. The van der Waals surface area contributed by atoms with Gasteiger partial charge in [0.1, 0.15) is 0 Å². The van der Waals surface area contributed by atoms with E-state index in [1.807, 2.05) is 0 Å². The monoisotopic (exact) mass is 378 g/mol. The van der Waals surface area contributed by atoms with Crippen LogP contribution in [0.25, 0.3) is 0 Å². The highest BCUT2D eigenvalue weighted by atomic mass is 28.4. The molecule has 0 aromatic rings. The minimum Gasteiger partial charge on any atom is -0.397 e. The van der Waals surface area contributed by atoms with Crippen molar-refractivity contribution < 1.29 is 17.7 Å². The fraction of sp³-hybridized carbons (Fsp3) is 1.00. The van der Waals surface area contributed by atoms with Crippen molar-refractivity contribution in [2.75, 3.05) is 26.4 Å². The lowest BCUT2D eigenvalue weighted by molar-refractivity contribution is 0.160. The van der Waals surface area contributed by atoms with E-state index in [0.29, 0.717) is 0 Å². The first-order valence-corrected chi connectivity index (χ1v) is 14.4. The average Bonchev–Trinajstić information content (AvgIpc) is 2.55. The molecule has 0 aliphatic carbocycles. The molecule has 6 heteroatoms. The summed E-state index contributed by atoms with van der Waals surface area (Å²) in [5.41, 5.74) is 0.897. The fourth-order valence-corrected chi connectivity index (χ4v) is 8.71. The van der Waals surface area contributed by atoms with Crippen molar-refractivity contribution in [2.45, 2.75) is 91.3 Å². The number of rotatable bonds is 18. The van der Waals surface area contributed by atoms with Gasteiger partial charge in [-0.15, -0.1) is 0 Å². The minimum absolute atomic E-state index is 0.802. The highest BCUT2D eigenvalue weighted by molar-refractivity contribution is 6.77. The largest absolute Gasteiger partial charge is 0.397 e. The second-order valence-corrected chi connectivity index (χ2v) is 12.6. The first kappa shape index (κ1) is 24.3. The molecular weight excluding hydrogens is 336 g/mol. The molecule has 0 unspecified atom stereocenters. The highest BCUT2D eigenvalue weighted by Gasteiger charge is 2.37. The molecule has 0 amide bonds. The Bertz CT molecular complexity index is 247. The second-order valence-electron chi connectivity index (χ2n) is 6.62. The maximum atomic E-state index is 6.25. The molecule has 0 rings (SSSR count). The third-order valence-corrected chi connectivity index (χ3v) is 11.1. The Morgan fingerprint density at radius 1 is 0.625 bits per heavy atom. The molecule has 0 saturated heterocycles. The molecular formula is C18H42O4Si2. The van der Waals surface area contributed by atoms with Crippen LogP contribution in [0.5, 0.6) is 0 Å². The summed E-state index contributed by atoms with van der Waals surface area (Å²) in [4.78, 5) is 0. The van der Waals surface area contributed by atoms with E-state index in [4.69, 9.17) is 17.7 Å². The zero-order valence-corrected chi connectivity index (χ0v) is 19.1. The van der Waals surface area contributed by atoms with E-state index in [-0.39, 0.29) is 0 Å². The molecule has 0 heterocycles. The summed E-state index contributed by atoms with van der Waals surface area (Å²) in [7, 11) is -3.91. The maximum absolute atomic E-state index is 6.25. The van der Waals surface area contributed by atoms with Crippen LogP contribution < -0.4 is 0 Å². The normalized spacial score (nSPS) is 12.2. The van der Waals surface area contributed by atoms with Gasteiger partial charge in [0.15, 0.2) is 0 Å². The summed E-state index contributed by atoms with van der Waals surface area (Å²) in [6.07, 6.45) is 9.02. The third-order valence-electron chi connectivity index (χ3n) is 3.95. The number of hydrogen-bond acceptors (Lipinski definition) is 4. The first-order chi connectivity index (χ1) is 11.6. The van der Waals surface area contributed by atoms with E-state index in [1.165, 1.54) is 0 Å². The summed E-state index contributed by atoms with van der Waals surface area (Å²) >= 11 is 0. The lowest BCUT2D eigenvalue weighted by Crippen LogP contribution is -2.45. The molecule has 0 aromatic heterocycles. The van der Waals surface area contributed by atoms with Crippen LogP contribution in [0.2, 0.25) is 12.2 Å². The van der Waals surface area contributed by atoms with E-state index >= 15 is 0 Å². The standard InChI is InChI=1S/C18H42O4Si2/c1-6-10-14-19-23(20-15-11-7-2)18-24(5,21-16-12-8-3)22-17-13-9-4/h23H,6-18H2,1-5H3. The zero-order chi connectivity index (χ0) is 18.1.